The van der Waals surface area contributed by atoms with Gasteiger partial charge in [-0.1, -0.05) is 43.7 Å². The van der Waals surface area contributed by atoms with E-state index >= 15 is 0 Å². The van der Waals surface area contributed by atoms with Crippen LogP contribution in [0.4, 0.5) is 0 Å². The van der Waals surface area contributed by atoms with E-state index in [1.54, 1.807) is 0 Å². The molecule has 0 saturated carbocycles. The first-order chi connectivity index (χ1) is 8.60. The molecule has 1 heterocycles. The van der Waals surface area contributed by atoms with Gasteiger partial charge in [-0.15, -0.1) is 0 Å². The lowest BCUT2D eigenvalue weighted by atomic mass is 9.89. The molecule has 3 atom stereocenters. The van der Waals surface area contributed by atoms with Gasteiger partial charge in [0, 0.05) is 25.7 Å². The first-order valence-electron chi connectivity index (χ1n) is 7.10. The highest BCUT2D eigenvalue weighted by Gasteiger charge is 2.27. The molecule has 0 bridgehead atoms. The molecule has 1 saturated heterocycles. The van der Waals surface area contributed by atoms with Gasteiger partial charge in [0.1, 0.15) is 0 Å². The van der Waals surface area contributed by atoms with Gasteiger partial charge < -0.3 is 5.73 Å². The summed E-state index contributed by atoms with van der Waals surface area (Å²) in [5.74, 6) is 1.57. The summed E-state index contributed by atoms with van der Waals surface area (Å²) in [6.07, 6.45) is 1.35. The van der Waals surface area contributed by atoms with Gasteiger partial charge in [-0.2, -0.15) is 0 Å². The van der Waals surface area contributed by atoms with Gasteiger partial charge in [0.05, 0.1) is 0 Å². The van der Waals surface area contributed by atoms with Crippen LogP contribution in [0.1, 0.15) is 37.4 Å². The van der Waals surface area contributed by atoms with Crippen molar-refractivity contribution in [1.29, 1.82) is 0 Å². The van der Waals surface area contributed by atoms with Gasteiger partial charge in [0.25, 0.3) is 0 Å². The Morgan fingerprint density at radius 2 is 1.94 bits per heavy atom. The van der Waals surface area contributed by atoms with Crippen molar-refractivity contribution in [2.24, 2.45) is 17.6 Å². The van der Waals surface area contributed by atoms with E-state index in [-0.39, 0.29) is 0 Å². The predicted molar refractivity (Wildman–Crippen MR) is 77.5 cm³/mol. The molecule has 1 aromatic rings. The molecule has 0 aliphatic carbocycles. The van der Waals surface area contributed by atoms with Crippen molar-refractivity contribution in [2.45, 2.75) is 33.2 Å². The molecule has 2 nitrogen and oxygen atoms in total. The second-order valence-electron chi connectivity index (χ2n) is 6.07. The fourth-order valence-corrected chi connectivity index (χ4v) is 3.34. The van der Waals surface area contributed by atoms with Gasteiger partial charge in [-0.25, -0.2) is 0 Å². The van der Waals surface area contributed by atoms with Gasteiger partial charge in [0.2, 0.25) is 0 Å². The van der Waals surface area contributed by atoms with Crippen molar-refractivity contribution in [2.75, 3.05) is 19.6 Å². The molecule has 18 heavy (non-hydrogen) atoms. The number of hydrogen-bond donors (Lipinski definition) is 1. The summed E-state index contributed by atoms with van der Waals surface area (Å²) in [6, 6.07) is 9.17. The van der Waals surface area contributed by atoms with E-state index in [4.69, 9.17) is 5.73 Å². The number of aryl methyl sites for hydroxylation is 1. The molecule has 0 aromatic heterocycles. The third-order valence-electron chi connectivity index (χ3n) is 3.99. The summed E-state index contributed by atoms with van der Waals surface area (Å²) >= 11 is 0. The number of nitrogens with two attached hydrogens (primary N) is 1. The molecule has 2 N–H and O–H groups in total. The number of hydrogen-bond acceptors (Lipinski definition) is 2. The van der Waals surface area contributed by atoms with Gasteiger partial charge in [-0.05, 0) is 30.7 Å². The average Bonchev–Trinajstić information content (AvgIpc) is 2.28. The normalized spacial score (nSPS) is 27.1. The lowest BCUT2D eigenvalue weighted by Crippen LogP contribution is -2.43. The number of likely N-dealkylation sites (tertiary alicyclic amines) is 1. The molecule has 1 aliphatic rings. The zero-order chi connectivity index (χ0) is 13.1. The summed E-state index contributed by atoms with van der Waals surface area (Å²) < 4.78 is 0. The highest BCUT2D eigenvalue weighted by Crippen LogP contribution is 2.29. The Balaban J connectivity index is 2.17. The molecule has 0 amide bonds. The van der Waals surface area contributed by atoms with Crippen LogP contribution in [0.3, 0.4) is 0 Å². The molecule has 2 rings (SSSR count). The van der Waals surface area contributed by atoms with Gasteiger partial charge in [-0.3, -0.25) is 4.90 Å². The topological polar surface area (TPSA) is 29.3 Å². The van der Waals surface area contributed by atoms with Crippen LogP contribution in [0.5, 0.6) is 0 Å². The van der Waals surface area contributed by atoms with Crippen molar-refractivity contribution in [1.82, 2.24) is 4.90 Å². The van der Waals surface area contributed by atoms with Crippen molar-refractivity contribution in [3.05, 3.63) is 35.4 Å². The molecular weight excluding hydrogens is 220 g/mol. The van der Waals surface area contributed by atoms with Crippen LogP contribution in [-0.4, -0.2) is 24.5 Å². The quantitative estimate of drug-likeness (QED) is 0.888. The molecule has 2 heteroatoms. The van der Waals surface area contributed by atoms with E-state index in [2.05, 4.69) is 49.9 Å². The van der Waals surface area contributed by atoms with Crippen LogP contribution in [0.15, 0.2) is 24.3 Å². The first kappa shape index (κ1) is 13.6. The van der Waals surface area contributed by atoms with E-state index in [0.29, 0.717) is 12.6 Å². The zero-order valence-electron chi connectivity index (χ0n) is 11.9. The number of piperidine rings is 1. The monoisotopic (exact) mass is 246 g/mol. The Morgan fingerprint density at radius 1 is 1.28 bits per heavy atom. The molecule has 0 spiro atoms. The fraction of sp³-hybridized carbons (Fsp3) is 0.625. The van der Waals surface area contributed by atoms with E-state index in [1.807, 2.05) is 0 Å². The van der Waals surface area contributed by atoms with E-state index < -0.39 is 0 Å². The maximum absolute atomic E-state index is 6.03. The van der Waals surface area contributed by atoms with Crippen molar-refractivity contribution in [3.8, 4) is 0 Å². The third-order valence-corrected chi connectivity index (χ3v) is 3.99. The van der Waals surface area contributed by atoms with E-state index in [1.165, 1.54) is 30.6 Å². The fourth-order valence-electron chi connectivity index (χ4n) is 3.34. The molecular formula is C16H26N2. The number of benzene rings is 1. The van der Waals surface area contributed by atoms with E-state index in [9.17, 15) is 0 Å². The summed E-state index contributed by atoms with van der Waals surface area (Å²) in [6.45, 7) is 9.93. The second kappa shape index (κ2) is 5.85. The second-order valence-corrected chi connectivity index (χ2v) is 6.07. The Kier molecular flexibility index (Phi) is 4.41. The maximum Gasteiger partial charge on any atom is 0.0470 e. The van der Waals surface area contributed by atoms with Crippen LogP contribution in [0, 0.1) is 18.8 Å². The summed E-state index contributed by atoms with van der Waals surface area (Å²) in [4.78, 5) is 2.58. The van der Waals surface area contributed by atoms with Crippen molar-refractivity contribution in [3.63, 3.8) is 0 Å². The largest absolute Gasteiger partial charge is 0.329 e. The molecule has 1 aromatic carbocycles. The number of nitrogens with zero attached hydrogens (tertiary/aromatic N) is 1. The first-order valence-corrected chi connectivity index (χ1v) is 7.10. The minimum Gasteiger partial charge on any atom is -0.329 e. The Morgan fingerprint density at radius 3 is 2.50 bits per heavy atom. The lowest BCUT2D eigenvalue weighted by Gasteiger charge is -2.40. The van der Waals surface area contributed by atoms with Gasteiger partial charge in [0.15, 0.2) is 0 Å². The van der Waals surface area contributed by atoms with Crippen molar-refractivity contribution >= 4 is 0 Å². The SMILES string of the molecule is Cc1cccc(C(CN)N2C[C@H](C)C[C@H](C)C2)c1. The van der Waals surface area contributed by atoms with Crippen LogP contribution in [0.25, 0.3) is 0 Å². The Hall–Kier alpha value is -0.860. The van der Waals surface area contributed by atoms with Gasteiger partial charge >= 0.3 is 0 Å². The summed E-state index contributed by atoms with van der Waals surface area (Å²) in [5.41, 5.74) is 8.73. The maximum atomic E-state index is 6.03. The summed E-state index contributed by atoms with van der Waals surface area (Å²) in [5, 5.41) is 0. The molecule has 1 unspecified atom stereocenters. The highest BCUT2D eigenvalue weighted by molar-refractivity contribution is 5.25. The molecule has 1 aliphatic heterocycles. The van der Waals surface area contributed by atoms with Crippen LogP contribution in [0.2, 0.25) is 0 Å². The smallest absolute Gasteiger partial charge is 0.0470 e. The average molecular weight is 246 g/mol. The van der Waals surface area contributed by atoms with Crippen LogP contribution >= 0.6 is 0 Å². The molecule has 0 radical (unpaired) electrons. The van der Waals surface area contributed by atoms with Crippen LogP contribution < -0.4 is 5.73 Å². The van der Waals surface area contributed by atoms with Crippen LogP contribution in [-0.2, 0) is 0 Å². The Labute approximate surface area is 111 Å². The number of rotatable bonds is 3. The molecule has 100 valence electrons. The highest BCUT2D eigenvalue weighted by atomic mass is 15.2. The van der Waals surface area contributed by atoms with Crippen molar-refractivity contribution < 1.29 is 0 Å². The van der Waals surface area contributed by atoms with E-state index in [0.717, 1.165) is 11.8 Å². The zero-order valence-corrected chi connectivity index (χ0v) is 11.9. The lowest BCUT2D eigenvalue weighted by molar-refractivity contribution is 0.0984. The minimum absolute atomic E-state index is 0.384. The third kappa shape index (κ3) is 3.12. The minimum atomic E-state index is 0.384. The Bertz CT molecular complexity index is 378. The standard InChI is InChI=1S/C16H26N2/c1-12-5-4-6-15(8-12)16(9-17)18-10-13(2)7-14(3)11-18/h4-6,8,13-14,16H,7,9-11,17H2,1-3H3/t13-,14+,16?. The predicted octanol–water partition coefficient (Wildman–Crippen LogP) is 2.97. The molecule has 1 fully saturated rings. The summed E-state index contributed by atoms with van der Waals surface area (Å²) in [7, 11) is 0.